The first kappa shape index (κ1) is 17.4. The van der Waals surface area contributed by atoms with Gasteiger partial charge in [0.2, 0.25) is 0 Å². The fourth-order valence-electron chi connectivity index (χ4n) is 1.87. The number of para-hydroxylation sites is 1. The van der Waals surface area contributed by atoms with E-state index < -0.39 is 29.6 Å². The molecule has 0 radical (unpaired) electrons. The molecule has 0 aromatic heterocycles. The van der Waals surface area contributed by atoms with Crippen LogP contribution in [0.4, 0.5) is 14.5 Å². The number of ether oxygens (including phenoxy) is 2. The molecule has 0 unspecified atom stereocenters. The van der Waals surface area contributed by atoms with Gasteiger partial charge in [0.05, 0.1) is 18.4 Å². The molecule has 2 aromatic rings. The van der Waals surface area contributed by atoms with Gasteiger partial charge < -0.3 is 14.8 Å². The van der Waals surface area contributed by atoms with Crippen LogP contribution in [0, 0.1) is 11.6 Å². The van der Waals surface area contributed by atoms with Crippen LogP contribution in [-0.4, -0.2) is 25.1 Å². The van der Waals surface area contributed by atoms with Crippen molar-refractivity contribution < 1.29 is 27.8 Å². The molecule has 1 amide bonds. The standard InChI is InChI=1S/C17H15F2NO4/c1-10(16(21)20-14-6-4-3-5-12(14)18)24-17(22)11-7-8-15(23-2)13(19)9-11/h3-10H,1-2H3,(H,20,21)/t10-/m1/s1. The number of amides is 1. The second-order valence-corrected chi connectivity index (χ2v) is 4.87. The molecule has 0 aliphatic carbocycles. The maximum atomic E-state index is 13.6. The summed E-state index contributed by atoms with van der Waals surface area (Å²) >= 11 is 0. The lowest BCUT2D eigenvalue weighted by atomic mass is 10.2. The van der Waals surface area contributed by atoms with Crippen molar-refractivity contribution in [1.82, 2.24) is 0 Å². The van der Waals surface area contributed by atoms with E-state index in [-0.39, 0.29) is 17.0 Å². The van der Waals surface area contributed by atoms with E-state index in [1.165, 1.54) is 44.4 Å². The van der Waals surface area contributed by atoms with E-state index in [2.05, 4.69) is 5.32 Å². The Kier molecular flexibility index (Phi) is 5.47. The number of hydrogen-bond donors (Lipinski definition) is 1. The van der Waals surface area contributed by atoms with E-state index >= 15 is 0 Å². The second-order valence-electron chi connectivity index (χ2n) is 4.87. The van der Waals surface area contributed by atoms with Crippen LogP contribution >= 0.6 is 0 Å². The fraction of sp³-hybridized carbons (Fsp3) is 0.176. The first-order valence-corrected chi connectivity index (χ1v) is 7.02. The van der Waals surface area contributed by atoms with Gasteiger partial charge in [-0.05, 0) is 37.3 Å². The Bertz CT molecular complexity index is 764. The quantitative estimate of drug-likeness (QED) is 0.853. The fourth-order valence-corrected chi connectivity index (χ4v) is 1.87. The van der Waals surface area contributed by atoms with E-state index in [1.54, 1.807) is 6.07 Å². The molecule has 0 saturated carbocycles. The number of carbonyl (C=O) groups excluding carboxylic acids is 2. The minimum atomic E-state index is -1.19. The smallest absolute Gasteiger partial charge is 0.339 e. The van der Waals surface area contributed by atoms with Gasteiger partial charge in [0.25, 0.3) is 5.91 Å². The van der Waals surface area contributed by atoms with Crippen LogP contribution in [0.3, 0.4) is 0 Å². The van der Waals surface area contributed by atoms with E-state index in [4.69, 9.17) is 9.47 Å². The number of esters is 1. The Morgan fingerprint density at radius 2 is 1.79 bits per heavy atom. The molecule has 0 saturated heterocycles. The van der Waals surface area contributed by atoms with Crippen LogP contribution in [0.15, 0.2) is 42.5 Å². The van der Waals surface area contributed by atoms with E-state index in [1.807, 2.05) is 0 Å². The molecule has 0 aliphatic rings. The molecular formula is C17H15F2NO4. The highest BCUT2D eigenvalue weighted by Gasteiger charge is 2.20. The van der Waals surface area contributed by atoms with Crippen LogP contribution in [0.25, 0.3) is 0 Å². The van der Waals surface area contributed by atoms with Gasteiger partial charge in [-0.25, -0.2) is 13.6 Å². The van der Waals surface area contributed by atoms with Crippen molar-refractivity contribution in [2.75, 3.05) is 12.4 Å². The summed E-state index contributed by atoms with van der Waals surface area (Å²) in [5.74, 6) is -2.94. The number of carbonyl (C=O) groups is 2. The topological polar surface area (TPSA) is 64.6 Å². The summed E-state index contributed by atoms with van der Waals surface area (Å²) in [5.41, 5.74) is -0.0975. The normalized spacial score (nSPS) is 11.5. The van der Waals surface area contributed by atoms with Gasteiger partial charge in [0.15, 0.2) is 17.7 Å². The Balaban J connectivity index is 2.02. The minimum absolute atomic E-state index is 0.0168. The van der Waals surface area contributed by atoms with Crippen molar-refractivity contribution in [3.8, 4) is 5.75 Å². The van der Waals surface area contributed by atoms with Gasteiger partial charge >= 0.3 is 5.97 Å². The number of halogens is 2. The third-order valence-corrected chi connectivity index (χ3v) is 3.17. The number of methoxy groups -OCH3 is 1. The maximum absolute atomic E-state index is 13.6. The third kappa shape index (κ3) is 4.07. The summed E-state index contributed by atoms with van der Waals surface area (Å²) in [7, 11) is 1.30. The predicted octanol–water partition coefficient (Wildman–Crippen LogP) is 3.16. The summed E-state index contributed by atoms with van der Waals surface area (Å²) in [4.78, 5) is 23.9. The van der Waals surface area contributed by atoms with E-state index in [9.17, 15) is 18.4 Å². The van der Waals surface area contributed by atoms with Crippen molar-refractivity contribution in [3.05, 3.63) is 59.7 Å². The van der Waals surface area contributed by atoms with E-state index in [0.717, 1.165) is 6.07 Å². The maximum Gasteiger partial charge on any atom is 0.339 e. The number of rotatable bonds is 5. The summed E-state index contributed by atoms with van der Waals surface area (Å²) < 4.78 is 36.8. The molecule has 0 spiro atoms. The van der Waals surface area contributed by atoms with Gasteiger partial charge in [0, 0.05) is 0 Å². The SMILES string of the molecule is COc1ccc(C(=O)O[C@H](C)C(=O)Nc2ccccc2F)cc1F. The first-order chi connectivity index (χ1) is 11.4. The predicted molar refractivity (Wildman–Crippen MR) is 82.9 cm³/mol. The lowest BCUT2D eigenvalue weighted by Gasteiger charge is -2.14. The average molecular weight is 335 g/mol. The third-order valence-electron chi connectivity index (χ3n) is 3.17. The summed E-state index contributed by atoms with van der Waals surface area (Å²) in [5, 5.41) is 2.31. The Morgan fingerprint density at radius 1 is 1.08 bits per heavy atom. The Hall–Kier alpha value is -2.96. The molecule has 2 rings (SSSR count). The van der Waals surface area contributed by atoms with Crippen molar-refractivity contribution in [1.29, 1.82) is 0 Å². The highest BCUT2D eigenvalue weighted by molar-refractivity contribution is 5.97. The van der Waals surface area contributed by atoms with E-state index in [0.29, 0.717) is 0 Å². The zero-order valence-corrected chi connectivity index (χ0v) is 13.0. The number of hydrogen-bond acceptors (Lipinski definition) is 4. The number of anilines is 1. The Morgan fingerprint density at radius 3 is 2.42 bits per heavy atom. The largest absolute Gasteiger partial charge is 0.494 e. The summed E-state index contributed by atoms with van der Waals surface area (Å²) in [6, 6.07) is 9.12. The van der Waals surface area contributed by atoms with Crippen molar-refractivity contribution >= 4 is 17.6 Å². The lowest BCUT2D eigenvalue weighted by Crippen LogP contribution is -2.30. The van der Waals surface area contributed by atoms with Crippen LogP contribution in [0.1, 0.15) is 17.3 Å². The minimum Gasteiger partial charge on any atom is -0.494 e. The van der Waals surface area contributed by atoms with Crippen molar-refractivity contribution in [3.63, 3.8) is 0 Å². The van der Waals surface area contributed by atoms with Crippen LogP contribution in [-0.2, 0) is 9.53 Å². The zero-order valence-electron chi connectivity index (χ0n) is 13.0. The van der Waals surface area contributed by atoms with Crippen LogP contribution < -0.4 is 10.1 Å². The van der Waals surface area contributed by atoms with Gasteiger partial charge in [-0.2, -0.15) is 0 Å². The summed E-state index contributed by atoms with van der Waals surface area (Å²) in [6.07, 6.45) is -1.19. The molecule has 2 aromatic carbocycles. The monoisotopic (exact) mass is 335 g/mol. The van der Waals surface area contributed by atoms with Crippen LogP contribution in [0.5, 0.6) is 5.75 Å². The molecule has 0 fully saturated rings. The van der Waals surface area contributed by atoms with Gasteiger partial charge in [-0.1, -0.05) is 12.1 Å². The number of nitrogens with one attached hydrogen (secondary N) is 1. The molecule has 1 atom stereocenters. The van der Waals surface area contributed by atoms with Crippen LogP contribution in [0.2, 0.25) is 0 Å². The average Bonchev–Trinajstić information content (AvgIpc) is 2.56. The molecule has 126 valence electrons. The highest BCUT2D eigenvalue weighted by Crippen LogP contribution is 2.19. The van der Waals surface area contributed by atoms with Crippen molar-refractivity contribution in [2.45, 2.75) is 13.0 Å². The molecule has 0 aliphatic heterocycles. The van der Waals surface area contributed by atoms with Gasteiger partial charge in [-0.15, -0.1) is 0 Å². The van der Waals surface area contributed by atoms with Crippen molar-refractivity contribution in [2.24, 2.45) is 0 Å². The van der Waals surface area contributed by atoms with Gasteiger partial charge in [-0.3, -0.25) is 4.79 Å². The first-order valence-electron chi connectivity index (χ1n) is 7.02. The zero-order chi connectivity index (χ0) is 17.7. The number of benzene rings is 2. The highest BCUT2D eigenvalue weighted by atomic mass is 19.1. The molecule has 7 heteroatoms. The lowest BCUT2D eigenvalue weighted by molar-refractivity contribution is -0.123. The molecule has 5 nitrogen and oxygen atoms in total. The summed E-state index contributed by atoms with van der Waals surface area (Å²) in [6.45, 7) is 1.33. The molecule has 0 heterocycles. The van der Waals surface area contributed by atoms with Gasteiger partial charge in [0.1, 0.15) is 5.82 Å². The molecular weight excluding hydrogens is 320 g/mol. The molecule has 24 heavy (non-hydrogen) atoms. The Labute approximate surface area is 137 Å². The molecule has 1 N–H and O–H groups in total. The molecule has 0 bridgehead atoms. The second kappa shape index (κ2) is 7.54.